The molecule has 0 fully saturated rings. The van der Waals surface area contributed by atoms with Crippen LogP contribution in [-0.2, 0) is 6.42 Å². The van der Waals surface area contributed by atoms with Crippen molar-refractivity contribution in [3.8, 4) is 0 Å². The lowest BCUT2D eigenvalue weighted by Gasteiger charge is -2.08. The Bertz CT molecular complexity index is 404. The van der Waals surface area contributed by atoms with Crippen molar-refractivity contribution in [1.29, 1.82) is 0 Å². The second-order valence-corrected chi connectivity index (χ2v) is 5.28. The third-order valence-corrected chi connectivity index (χ3v) is 3.55. The molecule has 0 aliphatic carbocycles. The van der Waals surface area contributed by atoms with Crippen molar-refractivity contribution in [3.05, 3.63) is 34.3 Å². The first-order chi connectivity index (χ1) is 9.19. The van der Waals surface area contributed by atoms with E-state index in [4.69, 9.17) is 11.6 Å². The molecule has 2 nitrogen and oxygen atoms in total. The van der Waals surface area contributed by atoms with Crippen LogP contribution in [0.4, 0.5) is 0 Å². The van der Waals surface area contributed by atoms with Crippen LogP contribution in [0.15, 0.2) is 18.2 Å². The topological polar surface area (TPSA) is 29.1 Å². The molecule has 0 saturated heterocycles. The summed E-state index contributed by atoms with van der Waals surface area (Å²) in [5, 5.41) is 3.80. The number of benzene rings is 1. The summed E-state index contributed by atoms with van der Waals surface area (Å²) in [5.74, 6) is 0.188. The third kappa shape index (κ3) is 5.75. The number of halogens is 1. The van der Waals surface area contributed by atoms with E-state index in [0.29, 0.717) is 11.4 Å². The maximum absolute atomic E-state index is 11.9. The minimum absolute atomic E-state index is 0.188. The van der Waals surface area contributed by atoms with Gasteiger partial charge in [0.2, 0.25) is 0 Å². The van der Waals surface area contributed by atoms with Gasteiger partial charge >= 0.3 is 0 Å². The zero-order valence-electron chi connectivity index (χ0n) is 12.0. The quantitative estimate of drug-likeness (QED) is 0.541. The molecule has 0 saturated carbocycles. The highest BCUT2D eigenvalue weighted by Gasteiger charge is 2.10. The smallest absolute Gasteiger partial charge is 0.162 e. The summed E-state index contributed by atoms with van der Waals surface area (Å²) in [6, 6.07) is 5.69. The van der Waals surface area contributed by atoms with Gasteiger partial charge in [-0.05, 0) is 50.6 Å². The Hall–Kier alpha value is -0.860. The van der Waals surface area contributed by atoms with E-state index in [1.54, 1.807) is 0 Å². The van der Waals surface area contributed by atoms with Crippen LogP contribution >= 0.6 is 11.6 Å². The molecule has 1 aromatic carbocycles. The molecule has 106 valence electrons. The molecule has 0 heterocycles. The molecule has 0 unspecified atom stereocenters. The summed E-state index contributed by atoms with van der Waals surface area (Å²) in [6.07, 6.45) is 6.32. The van der Waals surface area contributed by atoms with Crippen molar-refractivity contribution in [2.75, 3.05) is 13.6 Å². The van der Waals surface area contributed by atoms with Gasteiger partial charge in [-0.3, -0.25) is 4.79 Å². The predicted molar refractivity (Wildman–Crippen MR) is 82.2 cm³/mol. The molecule has 19 heavy (non-hydrogen) atoms. The molecule has 0 amide bonds. The first kappa shape index (κ1) is 16.2. The predicted octanol–water partition coefficient (Wildman–Crippen LogP) is 4.26. The first-order valence-electron chi connectivity index (χ1n) is 7.15. The van der Waals surface area contributed by atoms with Gasteiger partial charge in [0.05, 0.1) is 0 Å². The van der Waals surface area contributed by atoms with E-state index in [9.17, 15) is 4.79 Å². The molecular weight excluding hydrogens is 258 g/mol. The largest absolute Gasteiger partial charge is 0.320 e. The lowest BCUT2D eigenvalue weighted by atomic mass is 9.97. The minimum Gasteiger partial charge on any atom is -0.320 e. The van der Waals surface area contributed by atoms with E-state index < -0.39 is 0 Å². The number of aryl methyl sites for hydroxylation is 1. The number of carbonyl (C=O) groups excluding carboxylic acids is 1. The van der Waals surface area contributed by atoms with Crippen LogP contribution < -0.4 is 5.32 Å². The summed E-state index contributed by atoms with van der Waals surface area (Å²) >= 11 is 5.98. The Morgan fingerprint density at radius 2 is 1.95 bits per heavy atom. The molecule has 0 aromatic heterocycles. The molecule has 1 N–H and O–H groups in total. The second-order valence-electron chi connectivity index (χ2n) is 4.85. The molecule has 0 aliphatic heterocycles. The summed E-state index contributed by atoms with van der Waals surface area (Å²) in [6.45, 7) is 2.98. The van der Waals surface area contributed by atoms with Crippen LogP contribution in [0.25, 0.3) is 0 Å². The highest BCUT2D eigenvalue weighted by atomic mass is 35.5. The molecule has 0 bridgehead atoms. The maximum Gasteiger partial charge on any atom is 0.162 e. The van der Waals surface area contributed by atoms with E-state index in [1.165, 1.54) is 19.3 Å². The summed E-state index contributed by atoms with van der Waals surface area (Å²) < 4.78 is 0. The SMILES string of the molecule is CCC(=O)c1cc(Cl)ccc1CCCCCCNC. The van der Waals surface area contributed by atoms with E-state index in [1.807, 2.05) is 32.2 Å². The first-order valence-corrected chi connectivity index (χ1v) is 7.53. The summed E-state index contributed by atoms with van der Waals surface area (Å²) in [7, 11) is 1.98. The Morgan fingerprint density at radius 1 is 1.21 bits per heavy atom. The number of carbonyl (C=O) groups is 1. The zero-order valence-corrected chi connectivity index (χ0v) is 12.7. The standard InChI is InChI=1S/C16H24ClNO/c1-3-16(19)15-12-14(17)10-9-13(15)8-6-4-5-7-11-18-2/h9-10,12,18H,3-8,11H2,1-2H3. The van der Waals surface area contributed by atoms with Crippen LogP contribution in [-0.4, -0.2) is 19.4 Å². The van der Waals surface area contributed by atoms with E-state index in [0.717, 1.165) is 30.5 Å². The number of unbranched alkanes of at least 4 members (excludes halogenated alkanes) is 3. The van der Waals surface area contributed by atoms with Gasteiger partial charge in [0, 0.05) is 17.0 Å². The van der Waals surface area contributed by atoms with Gasteiger partial charge in [0.25, 0.3) is 0 Å². The van der Waals surface area contributed by atoms with Crippen LogP contribution in [0.1, 0.15) is 54.9 Å². The number of nitrogens with one attached hydrogen (secondary N) is 1. The Morgan fingerprint density at radius 3 is 2.63 bits per heavy atom. The van der Waals surface area contributed by atoms with Crippen molar-refractivity contribution in [2.45, 2.75) is 45.4 Å². The van der Waals surface area contributed by atoms with Gasteiger partial charge in [0.1, 0.15) is 0 Å². The number of Topliss-reactive ketones (excluding diaryl/α,β-unsaturated/α-hetero) is 1. The minimum atomic E-state index is 0.188. The highest BCUT2D eigenvalue weighted by Crippen LogP contribution is 2.20. The maximum atomic E-state index is 11.9. The summed E-state index contributed by atoms with van der Waals surface area (Å²) in [4.78, 5) is 11.9. The number of hydrogen-bond donors (Lipinski definition) is 1. The van der Waals surface area contributed by atoms with Gasteiger partial charge in [-0.1, -0.05) is 37.4 Å². The van der Waals surface area contributed by atoms with Gasteiger partial charge in [0.15, 0.2) is 5.78 Å². The van der Waals surface area contributed by atoms with E-state index >= 15 is 0 Å². The van der Waals surface area contributed by atoms with Crippen molar-refractivity contribution >= 4 is 17.4 Å². The molecule has 0 atom stereocenters. The van der Waals surface area contributed by atoms with Gasteiger partial charge in [-0.25, -0.2) is 0 Å². The van der Waals surface area contributed by atoms with Crippen LogP contribution in [0.3, 0.4) is 0 Å². The Labute approximate surface area is 121 Å². The monoisotopic (exact) mass is 281 g/mol. The van der Waals surface area contributed by atoms with E-state index in [2.05, 4.69) is 5.32 Å². The van der Waals surface area contributed by atoms with Crippen LogP contribution in [0.2, 0.25) is 5.02 Å². The highest BCUT2D eigenvalue weighted by molar-refractivity contribution is 6.31. The average molecular weight is 282 g/mol. The fourth-order valence-electron chi connectivity index (χ4n) is 2.19. The third-order valence-electron chi connectivity index (χ3n) is 3.32. The van der Waals surface area contributed by atoms with Gasteiger partial charge in [-0.2, -0.15) is 0 Å². The molecule has 0 aliphatic rings. The van der Waals surface area contributed by atoms with Crippen LogP contribution in [0, 0.1) is 0 Å². The van der Waals surface area contributed by atoms with Crippen LogP contribution in [0.5, 0.6) is 0 Å². The zero-order chi connectivity index (χ0) is 14.1. The van der Waals surface area contributed by atoms with Crippen molar-refractivity contribution < 1.29 is 4.79 Å². The molecule has 0 radical (unpaired) electrons. The van der Waals surface area contributed by atoms with Crippen molar-refractivity contribution in [3.63, 3.8) is 0 Å². The Balaban J connectivity index is 2.50. The Kier molecular flexibility index (Phi) is 7.76. The average Bonchev–Trinajstić information content (AvgIpc) is 2.43. The fraction of sp³-hybridized carbons (Fsp3) is 0.562. The fourth-order valence-corrected chi connectivity index (χ4v) is 2.36. The lowest BCUT2D eigenvalue weighted by molar-refractivity contribution is 0.0987. The number of hydrogen-bond acceptors (Lipinski definition) is 2. The lowest BCUT2D eigenvalue weighted by Crippen LogP contribution is -2.07. The molecule has 0 spiro atoms. The molecule has 1 rings (SSSR count). The van der Waals surface area contributed by atoms with Gasteiger partial charge in [-0.15, -0.1) is 0 Å². The molecular formula is C16H24ClNO. The van der Waals surface area contributed by atoms with E-state index in [-0.39, 0.29) is 5.78 Å². The van der Waals surface area contributed by atoms with Crippen molar-refractivity contribution in [1.82, 2.24) is 5.32 Å². The second kappa shape index (κ2) is 9.11. The number of ketones is 1. The normalized spacial score (nSPS) is 10.7. The number of rotatable bonds is 9. The summed E-state index contributed by atoms with van der Waals surface area (Å²) in [5.41, 5.74) is 1.95. The molecule has 1 aromatic rings. The molecule has 3 heteroatoms. The van der Waals surface area contributed by atoms with Crippen molar-refractivity contribution in [2.24, 2.45) is 0 Å². The van der Waals surface area contributed by atoms with Gasteiger partial charge < -0.3 is 5.32 Å².